The summed E-state index contributed by atoms with van der Waals surface area (Å²) in [6.07, 6.45) is 0. The van der Waals surface area contributed by atoms with Crippen LogP contribution in [0.25, 0.3) is 0 Å². The maximum absolute atomic E-state index is 12.8. The molecule has 0 heterocycles. The fraction of sp³-hybridized carbons (Fsp3) is 0.208. The third kappa shape index (κ3) is 4.89. The van der Waals surface area contributed by atoms with E-state index in [2.05, 4.69) is 16.1 Å². The van der Waals surface area contributed by atoms with Crippen LogP contribution in [0.15, 0.2) is 71.6 Å². The van der Waals surface area contributed by atoms with E-state index in [4.69, 9.17) is 0 Å². The van der Waals surface area contributed by atoms with E-state index in [1.807, 2.05) is 32.9 Å². The molecule has 30 heavy (non-hydrogen) atoms. The first kappa shape index (κ1) is 21.6. The number of rotatable bonds is 6. The minimum atomic E-state index is -3.74. The Hall–Kier alpha value is -3.12. The maximum Gasteiger partial charge on any atom is 0.261 e. The molecule has 3 aromatic carbocycles. The Morgan fingerprint density at radius 1 is 0.867 bits per heavy atom. The van der Waals surface area contributed by atoms with Crippen molar-refractivity contribution in [3.63, 3.8) is 0 Å². The zero-order chi connectivity index (χ0) is 21.9. The molecule has 0 spiro atoms. The van der Waals surface area contributed by atoms with Gasteiger partial charge in [-0.2, -0.15) is 0 Å². The van der Waals surface area contributed by atoms with Crippen LogP contribution in [-0.2, 0) is 10.0 Å². The predicted octanol–water partition coefficient (Wildman–Crippen LogP) is 4.90. The van der Waals surface area contributed by atoms with E-state index in [1.165, 1.54) is 17.7 Å². The molecule has 0 saturated carbocycles. The highest BCUT2D eigenvalue weighted by Crippen LogP contribution is 2.23. The number of aryl methyl sites for hydroxylation is 3. The molecule has 0 radical (unpaired) electrons. The lowest BCUT2D eigenvalue weighted by Gasteiger charge is -2.18. The number of hydrogen-bond acceptors (Lipinski definition) is 3. The third-order valence-electron chi connectivity index (χ3n) is 5.04. The lowest BCUT2D eigenvalue weighted by Crippen LogP contribution is -2.27. The van der Waals surface area contributed by atoms with Crippen LogP contribution in [-0.4, -0.2) is 14.3 Å². The van der Waals surface area contributed by atoms with Crippen molar-refractivity contribution in [2.75, 3.05) is 4.72 Å². The van der Waals surface area contributed by atoms with Crippen molar-refractivity contribution < 1.29 is 13.2 Å². The monoisotopic (exact) mass is 422 g/mol. The van der Waals surface area contributed by atoms with Crippen molar-refractivity contribution in [3.8, 4) is 0 Å². The molecule has 3 aromatic rings. The number of benzene rings is 3. The number of amides is 1. The van der Waals surface area contributed by atoms with Crippen LogP contribution in [0.4, 0.5) is 5.69 Å². The van der Waals surface area contributed by atoms with Gasteiger partial charge >= 0.3 is 0 Å². The minimum Gasteiger partial charge on any atom is -0.346 e. The fourth-order valence-corrected chi connectivity index (χ4v) is 4.49. The summed E-state index contributed by atoms with van der Waals surface area (Å²) in [6.45, 7) is 7.78. The molecular formula is C24H26N2O3S. The molecule has 0 fully saturated rings. The van der Waals surface area contributed by atoms with Gasteiger partial charge in [0.15, 0.2) is 0 Å². The van der Waals surface area contributed by atoms with Crippen molar-refractivity contribution >= 4 is 21.6 Å². The highest BCUT2D eigenvalue weighted by molar-refractivity contribution is 7.92. The highest BCUT2D eigenvalue weighted by atomic mass is 32.2. The van der Waals surface area contributed by atoms with Gasteiger partial charge in [0.2, 0.25) is 0 Å². The third-order valence-corrected chi connectivity index (χ3v) is 6.42. The van der Waals surface area contributed by atoms with E-state index in [9.17, 15) is 13.2 Å². The molecule has 0 aliphatic rings. The van der Waals surface area contributed by atoms with Gasteiger partial charge in [-0.05, 0) is 68.7 Å². The molecule has 0 saturated heterocycles. The first-order chi connectivity index (χ1) is 14.2. The van der Waals surface area contributed by atoms with Crippen molar-refractivity contribution in [2.24, 2.45) is 0 Å². The standard InChI is InChI=1S/C24H26N2O3S/c1-16-10-13-22(18(3)14-16)19(4)25-24(27)20-12-11-17(2)23(15-20)26-30(28,29)21-8-6-5-7-9-21/h5-15,19,26H,1-4H3,(H,25,27)/t19-/m1/s1. The van der Waals surface area contributed by atoms with Crippen LogP contribution in [0.1, 0.15) is 45.6 Å². The van der Waals surface area contributed by atoms with E-state index in [1.54, 1.807) is 43.3 Å². The molecule has 1 amide bonds. The lowest BCUT2D eigenvalue weighted by atomic mass is 10.00. The van der Waals surface area contributed by atoms with Crippen LogP contribution in [0.3, 0.4) is 0 Å². The fourth-order valence-electron chi connectivity index (χ4n) is 3.35. The molecule has 3 rings (SSSR count). The maximum atomic E-state index is 12.8. The molecule has 0 aliphatic heterocycles. The van der Waals surface area contributed by atoms with Gasteiger partial charge in [0.25, 0.3) is 15.9 Å². The van der Waals surface area contributed by atoms with Crippen LogP contribution in [0.2, 0.25) is 0 Å². The second-order valence-electron chi connectivity index (χ2n) is 7.50. The summed E-state index contributed by atoms with van der Waals surface area (Å²) in [5.41, 5.74) is 4.83. The van der Waals surface area contributed by atoms with Gasteiger partial charge in [-0.1, -0.05) is 48.0 Å². The van der Waals surface area contributed by atoms with Gasteiger partial charge in [-0.15, -0.1) is 0 Å². The molecule has 0 aliphatic carbocycles. The van der Waals surface area contributed by atoms with Crippen molar-refractivity contribution in [1.29, 1.82) is 0 Å². The summed E-state index contributed by atoms with van der Waals surface area (Å²) in [5, 5.41) is 3.00. The van der Waals surface area contributed by atoms with E-state index in [0.29, 0.717) is 11.3 Å². The Bertz CT molecular complexity index is 1170. The van der Waals surface area contributed by atoms with E-state index in [-0.39, 0.29) is 16.8 Å². The molecular weight excluding hydrogens is 396 g/mol. The van der Waals surface area contributed by atoms with Crippen LogP contribution in [0, 0.1) is 20.8 Å². The van der Waals surface area contributed by atoms with E-state index >= 15 is 0 Å². The highest BCUT2D eigenvalue weighted by Gasteiger charge is 2.18. The van der Waals surface area contributed by atoms with E-state index < -0.39 is 10.0 Å². The minimum absolute atomic E-state index is 0.169. The Labute approximate surface area is 178 Å². The van der Waals surface area contributed by atoms with Gasteiger partial charge in [0.05, 0.1) is 16.6 Å². The first-order valence-corrected chi connectivity index (χ1v) is 11.2. The Morgan fingerprint density at radius 3 is 2.23 bits per heavy atom. The summed E-state index contributed by atoms with van der Waals surface area (Å²) in [5.74, 6) is -0.261. The molecule has 5 nitrogen and oxygen atoms in total. The summed E-state index contributed by atoms with van der Waals surface area (Å²) in [7, 11) is -3.74. The predicted molar refractivity (Wildman–Crippen MR) is 120 cm³/mol. The zero-order valence-corrected chi connectivity index (χ0v) is 18.4. The first-order valence-electron chi connectivity index (χ1n) is 9.74. The van der Waals surface area contributed by atoms with Crippen LogP contribution < -0.4 is 10.0 Å². The molecule has 0 aromatic heterocycles. The number of hydrogen-bond donors (Lipinski definition) is 2. The molecule has 0 unspecified atom stereocenters. The van der Waals surface area contributed by atoms with Crippen molar-refractivity contribution in [3.05, 3.63) is 94.5 Å². The average Bonchev–Trinajstić information content (AvgIpc) is 2.70. The molecule has 156 valence electrons. The van der Waals surface area contributed by atoms with Crippen LogP contribution >= 0.6 is 0 Å². The number of anilines is 1. The summed E-state index contributed by atoms with van der Waals surface area (Å²) in [4.78, 5) is 13.0. The number of sulfonamides is 1. The second kappa shape index (κ2) is 8.71. The van der Waals surface area contributed by atoms with Gasteiger partial charge in [0.1, 0.15) is 0 Å². The molecule has 0 bridgehead atoms. The number of nitrogens with one attached hydrogen (secondary N) is 2. The van der Waals surface area contributed by atoms with Crippen molar-refractivity contribution in [2.45, 2.75) is 38.6 Å². The summed E-state index contributed by atoms with van der Waals surface area (Å²) in [6, 6.07) is 19.1. The summed E-state index contributed by atoms with van der Waals surface area (Å²) >= 11 is 0. The number of carbonyl (C=O) groups is 1. The largest absolute Gasteiger partial charge is 0.346 e. The average molecular weight is 423 g/mol. The normalized spacial score (nSPS) is 12.3. The molecule has 1 atom stereocenters. The molecule has 2 N–H and O–H groups in total. The Balaban J connectivity index is 1.81. The second-order valence-corrected chi connectivity index (χ2v) is 9.19. The smallest absolute Gasteiger partial charge is 0.261 e. The lowest BCUT2D eigenvalue weighted by molar-refractivity contribution is 0.0940. The zero-order valence-electron chi connectivity index (χ0n) is 17.6. The van der Waals surface area contributed by atoms with Crippen molar-refractivity contribution in [1.82, 2.24) is 5.32 Å². The SMILES string of the molecule is Cc1ccc([C@@H](C)NC(=O)c2ccc(C)c(NS(=O)(=O)c3ccccc3)c2)c(C)c1. The quantitative estimate of drug-likeness (QED) is 0.593. The van der Waals surface area contributed by atoms with Crippen LogP contribution in [0.5, 0.6) is 0 Å². The Morgan fingerprint density at radius 2 is 1.57 bits per heavy atom. The van der Waals surface area contributed by atoms with Gasteiger partial charge < -0.3 is 5.32 Å². The number of carbonyl (C=O) groups excluding carboxylic acids is 1. The van der Waals surface area contributed by atoms with Gasteiger partial charge in [0, 0.05) is 5.56 Å². The molecule has 6 heteroatoms. The van der Waals surface area contributed by atoms with Gasteiger partial charge in [-0.25, -0.2) is 8.42 Å². The van der Waals surface area contributed by atoms with E-state index in [0.717, 1.165) is 16.7 Å². The topological polar surface area (TPSA) is 75.3 Å². The van der Waals surface area contributed by atoms with Gasteiger partial charge in [-0.3, -0.25) is 9.52 Å². The summed E-state index contributed by atoms with van der Waals surface area (Å²) < 4.78 is 27.9. The Kier molecular flexibility index (Phi) is 6.27.